The standard InChI is InChI=1S/C8H9O7P/c9-6-2-4(8(11)12)1-5(7(6)10)3-16(13,14)15/h1-2,9-10H,3H2,(H,11,12)(H2,13,14,15). The molecule has 1 aromatic rings. The van der Waals surface area contributed by atoms with Crippen molar-refractivity contribution in [3.05, 3.63) is 23.3 Å². The molecule has 88 valence electrons. The van der Waals surface area contributed by atoms with Crippen LogP contribution >= 0.6 is 7.60 Å². The second kappa shape index (κ2) is 4.13. The zero-order chi connectivity index (χ0) is 12.5. The van der Waals surface area contributed by atoms with Gasteiger partial charge >= 0.3 is 13.6 Å². The Morgan fingerprint density at radius 1 is 1.25 bits per heavy atom. The molecule has 1 rings (SSSR count). The summed E-state index contributed by atoms with van der Waals surface area (Å²) in [7, 11) is -4.45. The third-order valence-corrected chi connectivity index (χ3v) is 2.54. The zero-order valence-electron chi connectivity index (χ0n) is 7.86. The van der Waals surface area contributed by atoms with Crippen molar-refractivity contribution in [3.63, 3.8) is 0 Å². The van der Waals surface area contributed by atoms with Crippen LogP contribution in [0, 0.1) is 0 Å². The van der Waals surface area contributed by atoms with Gasteiger partial charge in [0.2, 0.25) is 0 Å². The lowest BCUT2D eigenvalue weighted by Gasteiger charge is -2.08. The normalized spacial score (nSPS) is 11.4. The van der Waals surface area contributed by atoms with Gasteiger partial charge in [0.05, 0.1) is 11.7 Å². The van der Waals surface area contributed by atoms with Crippen molar-refractivity contribution in [2.75, 3.05) is 0 Å². The average Bonchev–Trinajstić information content (AvgIpc) is 2.10. The SMILES string of the molecule is O=C(O)c1cc(O)c(O)c(CP(=O)(O)O)c1. The van der Waals surface area contributed by atoms with Gasteiger partial charge in [-0.3, -0.25) is 4.57 Å². The number of phenols is 2. The van der Waals surface area contributed by atoms with E-state index in [0.717, 1.165) is 12.1 Å². The van der Waals surface area contributed by atoms with Gasteiger partial charge in [0.25, 0.3) is 0 Å². The molecule has 5 N–H and O–H groups in total. The maximum absolute atomic E-state index is 10.7. The van der Waals surface area contributed by atoms with Crippen LogP contribution in [0.1, 0.15) is 15.9 Å². The van der Waals surface area contributed by atoms with Gasteiger partial charge < -0.3 is 25.1 Å². The molecule has 0 aliphatic carbocycles. The second-order valence-corrected chi connectivity index (χ2v) is 4.78. The van der Waals surface area contributed by atoms with Crippen LogP contribution in [-0.2, 0) is 10.7 Å². The Hall–Kier alpha value is -1.56. The van der Waals surface area contributed by atoms with Crippen molar-refractivity contribution in [2.45, 2.75) is 6.16 Å². The van der Waals surface area contributed by atoms with Crippen LogP contribution < -0.4 is 0 Å². The van der Waals surface area contributed by atoms with Crippen molar-refractivity contribution in [2.24, 2.45) is 0 Å². The molecule has 0 saturated carbocycles. The molecule has 8 heteroatoms. The predicted octanol–water partition coefficient (Wildman–Crippen LogP) is 0.474. The van der Waals surface area contributed by atoms with E-state index in [9.17, 15) is 14.5 Å². The minimum atomic E-state index is -4.45. The van der Waals surface area contributed by atoms with Crippen LogP contribution in [0.3, 0.4) is 0 Å². The lowest BCUT2D eigenvalue weighted by atomic mass is 10.1. The number of benzene rings is 1. The molecule has 0 saturated heterocycles. The molecule has 0 amide bonds. The molecular formula is C8H9O7P. The van der Waals surface area contributed by atoms with Crippen LogP contribution in [0.5, 0.6) is 11.5 Å². The number of aromatic carboxylic acids is 1. The molecule has 0 bridgehead atoms. The van der Waals surface area contributed by atoms with Crippen LogP contribution in [0.25, 0.3) is 0 Å². The summed E-state index contributed by atoms with van der Waals surface area (Å²) in [6.07, 6.45) is -0.840. The molecule has 1 aromatic carbocycles. The monoisotopic (exact) mass is 248 g/mol. The lowest BCUT2D eigenvalue weighted by Crippen LogP contribution is -1.98. The molecule has 16 heavy (non-hydrogen) atoms. The summed E-state index contributed by atoms with van der Waals surface area (Å²) < 4.78 is 10.7. The lowest BCUT2D eigenvalue weighted by molar-refractivity contribution is 0.0696. The molecule has 0 heterocycles. The number of phenolic OH excluding ortho intramolecular Hbond substituents is 2. The number of carbonyl (C=O) groups is 1. The molecule has 0 aliphatic rings. The van der Waals surface area contributed by atoms with E-state index < -0.39 is 31.2 Å². The Bertz CT molecular complexity index is 476. The zero-order valence-corrected chi connectivity index (χ0v) is 8.76. The van der Waals surface area contributed by atoms with E-state index in [4.69, 9.17) is 20.0 Å². The third kappa shape index (κ3) is 2.96. The summed E-state index contributed by atoms with van der Waals surface area (Å²) in [4.78, 5) is 28.0. The molecule has 0 fully saturated rings. The summed E-state index contributed by atoms with van der Waals surface area (Å²) in [6, 6.07) is 1.69. The number of rotatable bonds is 3. The van der Waals surface area contributed by atoms with Gasteiger partial charge in [0, 0.05) is 5.56 Å². The minimum Gasteiger partial charge on any atom is -0.504 e. The number of hydrogen-bond acceptors (Lipinski definition) is 4. The van der Waals surface area contributed by atoms with E-state index in [2.05, 4.69) is 0 Å². The molecule has 0 atom stereocenters. The first-order chi connectivity index (χ1) is 7.20. The Kier molecular flexibility index (Phi) is 3.23. The fraction of sp³-hybridized carbons (Fsp3) is 0.125. The number of hydrogen-bond donors (Lipinski definition) is 5. The highest BCUT2D eigenvalue weighted by atomic mass is 31.2. The van der Waals surface area contributed by atoms with Crippen molar-refractivity contribution in [1.29, 1.82) is 0 Å². The van der Waals surface area contributed by atoms with Crippen LogP contribution in [0.15, 0.2) is 12.1 Å². The molecule has 0 radical (unpaired) electrons. The third-order valence-electron chi connectivity index (χ3n) is 1.79. The van der Waals surface area contributed by atoms with E-state index in [0.29, 0.717) is 0 Å². The smallest absolute Gasteiger partial charge is 0.335 e. The number of aromatic hydroxyl groups is 2. The molecule has 0 spiro atoms. The van der Waals surface area contributed by atoms with Gasteiger partial charge in [-0.05, 0) is 12.1 Å². The first kappa shape index (κ1) is 12.5. The fourth-order valence-corrected chi connectivity index (χ4v) is 1.83. The Balaban J connectivity index is 3.27. The first-order valence-corrected chi connectivity index (χ1v) is 5.83. The fourth-order valence-electron chi connectivity index (χ4n) is 1.14. The van der Waals surface area contributed by atoms with Gasteiger partial charge in [0.15, 0.2) is 11.5 Å². The molecule has 0 aliphatic heterocycles. The van der Waals surface area contributed by atoms with Gasteiger partial charge in [-0.15, -0.1) is 0 Å². The van der Waals surface area contributed by atoms with Crippen molar-refractivity contribution >= 4 is 13.6 Å². The molecular weight excluding hydrogens is 239 g/mol. The molecule has 0 unspecified atom stereocenters. The molecule has 0 aromatic heterocycles. The highest BCUT2D eigenvalue weighted by molar-refractivity contribution is 7.50. The van der Waals surface area contributed by atoms with Crippen molar-refractivity contribution in [3.8, 4) is 11.5 Å². The summed E-state index contributed by atoms with van der Waals surface area (Å²) >= 11 is 0. The Morgan fingerprint density at radius 3 is 2.25 bits per heavy atom. The largest absolute Gasteiger partial charge is 0.504 e. The van der Waals surface area contributed by atoms with Crippen molar-refractivity contribution < 1.29 is 34.5 Å². The van der Waals surface area contributed by atoms with E-state index in [1.165, 1.54) is 0 Å². The van der Waals surface area contributed by atoms with E-state index in [-0.39, 0.29) is 11.1 Å². The quantitative estimate of drug-likeness (QED) is 0.387. The van der Waals surface area contributed by atoms with Gasteiger partial charge in [-0.1, -0.05) is 0 Å². The summed E-state index contributed by atoms with van der Waals surface area (Å²) in [5.41, 5.74) is -0.676. The maximum Gasteiger partial charge on any atom is 0.335 e. The highest BCUT2D eigenvalue weighted by Crippen LogP contribution is 2.43. The Morgan fingerprint density at radius 2 is 1.81 bits per heavy atom. The van der Waals surface area contributed by atoms with Gasteiger partial charge in [0.1, 0.15) is 0 Å². The van der Waals surface area contributed by atoms with Crippen molar-refractivity contribution in [1.82, 2.24) is 0 Å². The Labute approximate surface area is 89.8 Å². The minimum absolute atomic E-state index is 0.314. The highest BCUT2D eigenvalue weighted by Gasteiger charge is 2.20. The van der Waals surface area contributed by atoms with Gasteiger partial charge in [-0.2, -0.15) is 0 Å². The number of carboxylic acids is 1. The van der Waals surface area contributed by atoms with E-state index in [1.807, 2.05) is 0 Å². The van der Waals surface area contributed by atoms with Gasteiger partial charge in [-0.25, -0.2) is 4.79 Å². The number of carboxylic acid groups (broad SMARTS) is 1. The van der Waals surface area contributed by atoms with E-state index >= 15 is 0 Å². The summed E-state index contributed by atoms with van der Waals surface area (Å²) in [5, 5.41) is 27.1. The van der Waals surface area contributed by atoms with Crippen LogP contribution in [0.2, 0.25) is 0 Å². The predicted molar refractivity (Wildman–Crippen MR) is 52.5 cm³/mol. The van der Waals surface area contributed by atoms with Crippen LogP contribution in [0.4, 0.5) is 0 Å². The molecule has 7 nitrogen and oxygen atoms in total. The summed E-state index contributed by atoms with van der Waals surface area (Å²) in [6.45, 7) is 0. The topological polar surface area (TPSA) is 135 Å². The second-order valence-electron chi connectivity index (χ2n) is 3.13. The first-order valence-electron chi connectivity index (χ1n) is 4.03. The average molecular weight is 248 g/mol. The maximum atomic E-state index is 10.7. The van der Waals surface area contributed by atoms with E-state index in [1.54, 1.807) is 0 Å². The summed E-state index contributed by atoms with van der Waals surface area (Å²) in [5.74, 6) is -2.83. The van der Waals surface area contributed by atoms with Crippen LogP contribution in [-0.4, -0.2) is 31.1 Å².